The molecule has 0 radical (unpaired) electrons. The number of rotatable bonds is 7. The van der Waals surface area contributed by atoms with E-state index in [-0.39, 0.29) is 17.9 Å². The number of nitrogens with zero attached hydrogens (tertiary/aromatic N) is 2. The van der Waals surface area contributed by atoms with E-state index < -0.39 is 11.9 Å². The number of carbonyl (C=O) groups excluding carboxylic acids is 1. The van der Waals surface area contributed by atoms with Crippen LogP contribution in [0, 0.1) is 5.41 Å². The van der Waals surface area contributed by atoms with E-state index in [4.69, 9.17) is 26.5 Å². The minimum Gasteiger partial charge on any atom is -0.354 e. The summed E-state index contributed by atoms with van der Waals surface area (Å²) in [5.41, 5.74) is -0.274. The maximum Gasteiger partial charge on any atom is 0.432 e. The molecule has 0 spiro atoms. The van der Waals surface area contributed by atoms with Crippen molar-refractivity contribution in [3.8, 4) is 0 Å². The number of piperazine rings is 1. The van der Waals surface area contributed by atoms with Crippen LogP contribution in [0.25, 0.3) is 5.70 Å². The molecule has 1 amide bonds. The van der Waals surface area contributed by atoms with Crippen LogP contribution in [-0.4, -0.2) is 79.8 Å². The van der Waals surface area contributed by atoms with Crippen LogP contribution in [0.5, 0.6) is 0 Å². The van der Waals surface area contributed by atoms with Gasteiger partial charge in [-0.15, -0.1) is 0 Å². The van der Waals surface area contributed by atoms with Gasteiger partial charge in [0.25, 0.3) is 5.91 Å². The maximum absolute atomic E-state index is 13.1. The molecule has 2 heterocycles. The molecule has 0 saturated carbocycles. The zero-order valence-corrected chi connectivity index (χ0v) is 20.1. The molecule has 2 fully saturated rings. The lowest BCUT2D eigenvalue weighted by Crippen LogP contribution is -2.50. The lowest BCUT2D eigenvalue weighted by Gasteiger charge is -2.35. The third-order valence-corrected chi connectivity index (χ3v) is 6.27. The highest BCUT2D eigenvalue weighted by atomic mass is 35.5. The average molecular weight is 523 g/mol. The van der Waals surface area contributed by atoms with Gasteiger partial charge in [-0.3, -0.25) is 15.1 Å². The topological polar surface area (TPSA) is 77.9 Å². The number of alkyl halides is 3. The van der Waals surface area contributed by atoms with Crippen LogP contribution in [0.3, 0.4) is 0 Å². The van der Waals surface area contributed by atoms with Crippen molar-refractivity contribution in [2.75, 3.05) is 51.3 Å². The highest BCUT2D eigenvalue weighted by Gasteiger charge is 2.33. The number of amides is 1. The summed E-state index contributed by atoms with van der Waals surface area (Å²) in [6.45, 7) is 4.35. The number of anilines is 1. The summed E-state index contributed by atoms with van der Waals surface area (Å²) in [7, 11) is 0. The van der Waals surface area contributed by atoms with Gasteiger partial charge in [0.05, 0.1) is 23.9 Å². The van der Waals surface area contributed by atoms with Crippen molar-refractivity contribution < 1.29 is 27.4 Å². The number of ether oxygens (including phenoxy) is 2. The van der Waals surface area contributed by atoms with Gasteiger partial charge in [0.15, 0.2) is 6.29 Å². The van der Waals surface area contributed by atoms with Crippen LogP contribution in [0.1, 0.15) is 15.9 Å². The van der Waals surface area contributed by atoms with E-state index >= 15 is 0 Å². The first kappa shape index (κ1) is 26.2. The van der Waals surface area contributed by atoms with Crippen LogP contribution in [-0.2, 0) is 9.47 Å². The molecule has 7 nitrogen and oxygen atoms in total. The van der Waals surface area contributed by atoms with Crippen LogP contribution in [0.2, 0.25) is 5.02 Å². The second-order valence-corrected chi connectivity index (χ2v) is 8.82. The van der Waals surface area contributed by atoms with Crippen LogP contribution in [0.4, 0.5) is 18.9 Å². The number of allylic oxidation sites excluding steroid dienone is 1. The van der Waals surface area contributed by atoms with Gasteiger partial charge >= 0.3 is 6.18 Å². The fourth-order valence-electron chi connectivity index (χ4n) is 3.96. The van der Waals surface area contributed by atoms with Gasteiger partial charge in [-0.05, 0) is 35.9 Å². The second kappa shape index (κ2) is 11.4. The molecule has 36 heavy (non-hydrogen) atoms. The highest BCUT2D eigenvalue weighted by Crippen LogP contribution is 2.27. The Bertz CT molecular complexity index is 1110. The Kier molecular flexibility index (Phi) is 8.30. The quantitative estimate of drug-likeness (QED) is 0.523. The smallest absolute Gasteiger partial charge is 0.354 e. The molecule has 11 heteroatoms. The minimum atomic E-state index is -4.80. The van der Waals surface area contributed by atoms with Crippen molar-refractivity contribution in [1.29, 1.82) is 5.41 Å². The van der Waals surface area contributed by atoms with Crippen molar-refractivity contribution >= 4 is 34.6 Å². The Hall–Kier alpha value is -2.92. The number of para-hydroxylation sites is 1. The lowest BCUT2D eigenvalue weighted by atomic mass is 10.1. The SMILES string of the molecule is N=C(/C=C(\Nc1ccccc1Cl)c1ccc(C(=O)N2CCN(CC3OCCO3)CC2)cc1)C(F)(F)F. The van der Waals surface area contributed by atoms with Crippen molar-refractivity contribution in [2.45, 2.75) is 12.5 Å². The molecule has 2 aromatic rings. The largest absolute Gasteiger partial charge is 0.432 e. The summed E-state index contributed by atoms with van der Waals surface area (Å²) in [4.78, 5) is 16.9. The number of carbonyl (C=O) groups is 1. The van der Waals surface area contributed by atoms with Crippen LogP contribution in [0.15, 0.2) is 54.6 Å². The zero-order valence-electron chi connectivity index (χ0n) is 19.4. The van der Waals surface area contributed by atoms with Gasteiger partial charge in [0, 0.05) is 44.0 Å². The van der Waals surface area contributed by atoms with Crippen LogP contribution >= 0.6 is 11.6 Å². The second-order valence-electron chi connectivity index (χ2n) is 8.42. The molecule has 2 aliphatic rings. The van der Waals surface area contributed by atoms with Crippen molar-refractivity contribution in [1.82, 2.24) is 9.80 Å². The van der Waals surface area contributed by atoms with Gasteiger partial charge < -0.3 is 19.7 Å². The van der Waals surface area contributed by atoms with Gasteiger partial charge in [-0.1, -0.05) is 35.9 Å². The Morgan fingerprint density at radius 3 is 2.25 bits per heavy atom. The standard InChI is InChI=1S/C25H26ClF3N4O3/c26-19-3-1-2-4-20(19)31-21(15-22(30)25(27,28)29)17-5-7-18(8-6-17)24(34)33-11-9-32(10-12-33)16-23-35-13-14-36-23/h1-8,15,23,30-31H,9-14,16H2/b21-15-,30-22?. The molecule has 2 saturated heterocycles. The van der Waals surface area contributed by atoms with E-state index in [1.807, 2.05) is 0 Å². The molecule has 2 aliphatic heterocycles. The number of benzene rings is 2. The highest BCUT2D eigenvalue weighted by molar-refractivity contribution is 6.33. The first-order chi connectivity index (χ1) is 17.2. The summed E-state index contributed by atoms with van der Waals surface area (Å²) in [5, 5.41) is 10.6. The molecule has 0 aliphatic carbocycles. The summed E-state index contributed by atoms with van der Waals surface area (Å²) < 4.78 is 50.2. The Labute approximate surface area is 211 Å². The number of hydrogen-bond acceptors (Lipinski definition) is 6. The molecule has 0 bridgehead atoms. The van der Waals surface area contributed by atoms with Crippen molar-refractivity contribution in [3.63, 3.8) is 0 Å². The molecule has 2 aromatic carbocycles. The molecule has 0 atom stereocenters. The van der Waals surface area contributed by atoms with Gasteiger partial charge in [0.2, 0.25) is 0 Å². The third kappa shape index (κ3) is 6.64. The number of hydrogen-bond donors (Lipinski definition) is 2. The molecule has 192 valence electrons. The molecule has 2 N–H and O–H groups in total. The minimum absolute atomic E-state index is 0.0365. The predicted octanol–water partition coefficient (Wildman–Crippen LogP) is 4.51. The first-order valence-electron chi connectivity index (χ1n) is 11.4. The fourth-order valence-corrected chi connectivity index (χ4v) is 4.14. The lowest BCUT2D eigenvalue weighted by molar-refractivity contribution is -0.0664. The van der Waals surface area contributed by atoms with Crippen molar-refractivity contribution in [2.24, 2.45) is 0 Å². The predicted molar refractivity (Wildman–Crippen MR) is 131 cm³/mol. The summed E-state index contributed by atoms with van der Waals surface area (Å²) in [6, 6.07) is 12.9. The van der Waals surface area contributed by atoms with Crippen molar-refractivity contribution in [3.05, 3.63) is 70.8 Å². The fraction of sp³-hybridized carbons (Fsp3) is 0.360. The van der Waals surface area contributed by atoms with Gasteiger partial charge in [-0.2, -0.15) is 13.2 Å². The summed E-state index contributed by atoms with van der Waals surface area (Å²) in [5.74, 6) is -0.151. The number of halogens is 4. The van der Waals surface area contributed by atoms with Gasteiger partial charge in [0.1, 0.15) is 5.71 Å². The van der Waals surface area contributed by atoms with E-state index in [1.54, 1.807) is 53.4 Å². The molecule has 0 unspecified atom stereocenters. The first-order valence-corrected chi connectivity index (χ1v) is 11.8. The van der Waals surface area contributed by atoms with E-state index in [2.05, 4.69) is 10.2 Å². The average Bonchev–Trinajstić information content (AvgIpc) is 3.37. The Morgan fingerprint density at radius 1 is 1.03 bits per heavy atom. The monoisotopic (exact) mass is 522 g/mol. The van der Waals surface area contributed by atoms with E-state index in [0.717, 1.165) is 0 Å². The third-order valence-electron chi connectivity index (χ3n) is 5.94. The molecule has 0 aromatic heterocycles. The van der Waals surface area contributed by atoms with Crippen LogP contribution < -0.4 is 5.32 Å². The number of nitrogens with one attached hydrogen (secondary N) is 2. The van der Waals surface area contributed by atoms with E-state index in [9.17, 15) is 18.0 Å². The molecule has 4 rings (SSSR count). The Balaban J connectivity index is 1.45. The summed E-state index contributed by atoms with van der Waals surface area (Å²) in [6.07, 6.45) is -4.32. The maximum atomic E-state index is 13.1. The van der Waals surface area contributed by atoms with E-state index in [0.29, 0.717) is 73.9 Å². The molecular formula is C25H26ClF3N4O3. The molecular weight excluding hydrogens is 497 g/mol. The zero-order chi connectivity index (χ0) is 25.7. The van der Waals surface area contributed by atoms with E-state index in [1.165, 1.54) is 0 Å². The Morgan fingerprint density at radius 2 is 1.64 bits per heavy atom. The normalized spacial score (nSPS) is 17.9. The van der Waals surface area contributed by atoms with Gasteiger partial charge in [-0.25, -0.2) is 0 Å². The summed E-state index contributed by atoms with van der Waals surface area (Å²) >= 11 is 6.16.